The minimum Gasteiger partial charge on any atom is -0.229 e. The van der Waals surface area contributed by atoms with Crippen LogP contribution in [-0.2, 0) is 19.9 Å². The normalized spacial score (nSPS) is 21.5. The van der Waals surface area contributed by atoms with Gasteiger partial charge in [0.05, 0.1) is 16.4 Å². The Morgan fingerprint density at radius 1 is 1.33 bits per heavy atom. The van der Waals surface area contributed by atoms with Crippen molar-refractivity contribution < 1.29 is 16.8 Å². The summed E-state index contributed by atoms with van der Waals surface area (Å²) >= 11 is 5.78. The highest BCUT2D eigenvalue weighted by Gasteiger charge is 2.27. The third kappa shape index (κ3) is 4.95. The molecule has 1 aromatic rings. The Bertz CT molecular complexity index is 701. The summed E-state index contributed by atoms with van der Waals surface area (Å²) in [6.45, 7) is 0.297. The second kappa shape index (κ2) is 6.64. The summed E-state index contributed by atoms with van der Waals surface area (Å²) in [5.41, 5.74) is 0. The zero-order valence-electron chi connectivity index (χ0n) is 11.5. The number of sulfone groups is 1. The van der Waals surface area contributed by atoms with Gasteiger partial charge in [-0.1, -0.05) is 17.7 Å². The quantitative estimate of drug-likeness (QED) is 0.793. The van der Waals surface area contributed by atoms with Crippen LogP contribution in [0.4, 0.5) is 0 Å². The largest absolute Gasteiger partial charge is 0.240 e. The van der Waals surface area contributed by atoms with E-state index >= 15 is 0 Å². The van der Waals surface area contributed by atoms with E-state index in [1.165, 1.54) is 12.1 Å². The van der Waals surface area contributed by atoms with Crippen molar-refractivity contribution in [3.05, 3.63) is 29.3 Å². The number of rotatable bonds is 6. The van der Waals surface area contributed by atoms with Gasteiger partial charge in [-0.3, -0.25) is 0 Å². The lowest BCUT2D eigenvalue weighted by atomic mass is 10.0. The fourth-order valence-electron chi connectivity index (χ4n) is 2.41. The van der Waals surface area contributed by atoms with Gasteiger partial charge in [0.25, 0.3) is 0 Å². The molecule has 1 saturated heterocycles. The molecular formula is C13H18ClNO4S2. The highest BCUT2D eigenvalue weighted by Crippen LogP contribution is 2.22. The van der Waals surface area contributed by atoms with Crippen molar-refractivity contribution >= 4 is 31.5 Å². The summed E-state index contributed by atoms with van der Waals surface area (Å²) in [6.07, 6.45) is 2.03. The SMILES string of the molecule is O=S1(=O)CCC(CCCNS(=O)(=O)c2cccc(Cl)c2)C1. The predicted molar refractivity (Wildman–Crippen MR) is 82.6 cm³/mol. The van der Waals surface area contributed by atoms with Gasteiger partial charge in [0.2, 0.25) is 10.0 Å². The Hall–Kier alpha value is -0.630. The lowest BCUT2D eigenvalue weighted by molar-refractivity contribution is 0.512. The first-order valence-corrected chi connectivity index (χ1v) is 10.4. The molecule has 0 bridgehead atoms. The smallest absolute Gasteiger partial charge is 0.229 e. The molecule has 1 fully saturated rings. The zero-order valence-corrected chi connectivity index (χ0v) is 13.8. The van der Waals surface area contributed by atoms with E-state index in [0.29, 0.717) is 24.4 Å². The zero-order chi connectivity index (χ0) is 15.5. The second-order valence-electron chi connectivity index (χ2n) is 5.27. The predicted octanol–water partition coefficient (Wildman–Crippen LogP) is 1.83. The molecule has 0 aromatic heterocycles. The Morgan fingerprint density at radius 2 is 2.10 bits per heavy atom. The van der Waals surface area contributed by atoms with Crippen LogP contribution >= 0.6 is 11.6 Å². The monoisotopic (exact) mass is 351 g/mol. The summed E-state index contributed by atoms with van der Waals surface area (Å²) < 4.78 is 49.2. The van der Waals surface area contributed by atoms with Gasteiger partial charge in [-0.25, -0.2) is 21.6 Å². The Balaban J connectivity index is 1.81. The highest BCUT2D eigenvalue weighted by molar-refractivity contribution is 7.91. The van der Waals surface area contributed by atoms with Crippen molar-refractivity contribution in [1.29, 1.82) is 0 Å². The van der Waals surface area contributed by atoms with Crippen LogP contribution in [0.3, 0.4) is 0 Å². The summed E-state index contributed by atoms with van der Waals surface area (Å²) in [6, 6.07) is 6.08. The van der Waals surface area contributed by atoms with Gasteiger partial charge in [0, 0.05) is 11.6 Å². The summed E-state index contributed by atoms with van der Waals surface area (Å²) in [7, 11) is -6.42. The minimum atomic E-state index is -3.55. The third-order valence-electron chi connectivity index (χ3n) is 3.51. The van der Waals surface area contributed by atoms with Crippen LogP contribution in [-0.4, -0.2) is 34.9 Å². The van der Waals surface area contributed by atoms with Crippen molar-refractivity contribution in [1.82, 2.24) is 4.72 Å². The van der Waals surface area contributed by atoms with E-state index in [1.54, 1.807) is 12.1 Å². The van der Waals surface area contributed by atoms with E-state index in [-0.39, 0.29) is 22.3 Å². The molecule has 21 heavy (non-hydrogen) atoms. The maximum atomic E-state index is 12.0. The number of benzene rings is 1. The molecule has 1 N–H and O–H groups in total. The number of halogens is 1. The molecule has 1 aliphatic rings. The molecule has 5 nitrogen and oxygen atoms in total. The maximum Gasteiger partial charge on any atom is 0.240 e. The van der Waals surface area contributed by atoms with Crippen molar-refractivity contribution in [2.45, 2.75) is 24.2 Å². The average molecular weight is 352 g/mol. The molecular weight excluding hydrogens is 334 g/mol. The number of hydrogen-bond donors (Lipinski definition) is 1. The molecule has 0 saturated carbocycles. The van der Waals surface area contributed by atoms with Crippen LogP contribution < -0.4 is 4.72 Å². The molecule has 118 valence electrons. The first-order valence-electron chi connectivity index (χ1n) is 6.74. The van der Waals surface area contributed by atoms with Gasteiger partial charge in [0.15, 0.2) is 9.84 Å². The first-order chi connectivity index (χ1) is 9.78. The summed E-state index contributed by atoms with van der Waals surface area (Å²) in [5.74, 6) is 0.644. The molecule has 1 aliphatic heterocycles. The van der Waals surface area contributed by atoms with Crippen LogP contribution in [0, 0.1) is 5.92 Å². The molecule has 0 aliphatic carbocycles. The van der Waals surface area contributed by atoms with E-state index in [4.69, 9.17) is 11.6 Å². The van der Waals surface area contributed by atoms with Crippen molar-refractivity contribution in [2.75, 3.05) is 18.1 Å². The van der Waals surface area contributed by atoms with Gasteiger partial charge in [-0.15, -0.1) is 0 Å². The fourth-order valence-corrected chi connectivity index (χ4v) is 5.70. The molecule has 8 heteroatoms. The van der Waals surface area contributed by atoms with Crippen molar-refractivity contribution in [2.24, 2.45) is 5.92 Å². The Labute approximate surface area is 130 Å². The van der Waals surface area contributed by atoms with E-state index in [0.717, 1.165) is 6.42 Å². The van der Waals surface area contributed by atoms with E-state index in [2.05, 4.69) is 4.72 Å². The molecule has 0 radical (unpaired) electrons. The van der Waals surface area contributed by atoms with Crippen LogP contribution in [0.5, 0.6) is 0 Å². The molecule has 0 spiro atoms. The number of sulfonamides is 1. The molecule has 0 amide bonds. The van der Waals surface area contributed by atoms with Crippen LogP contribution in [0.1, 0.15) is 19.3 Å². The van der Waals surface area contributed by atoms with E-state index in [1.807, 2.05) is 0 Å². The van der Waals surface area contributed by atoms with Crippen LogP contribution in [0.2, 0.25) is 5.02 Å². The lowest BCUT2D eigenvalue weighted by Gasteiger charge is -2.09. The lowest BCUT2D eigenvalue weighted by Crippen LogP contribution is -2.25. The second-order valence-corrected chi connectivity index (χ2v) is 9.70. The molecule has 1 atom stereocenters. The Morgan fingerprint density at radius 3 is 2.71 bits per heavy atom. The van der Waals surface area contributed by atoms with Gasteiger partial charge in [-0.05, 0) is 43.4 Å². The van der Waals surface area contributed by atoms with Gasteiger partial charge < -0.3 is 0 Å². The van der Waals surface area contributed by atoms with Crippen LogP contribution in [0.25, 0.3) is 0 Å². The van der Waals surface area contributed by atoms with E-state index in [9.17, 15) is 16.8 Å². The van der Waals surface area contributed by atoms with Crippen molar-refractivity contribution in [3.63, 3.8) is 0 Å². The molecule has 1 aromatic carbocycles. The summed E-state index contributed by atoms with van der Waals surface area (Å²) in [5, 5.41) is 0.369. The van der Waals surface area contributed by atoms with Gasteiger partial charge in [0.1, 0.15) is 0 Å². The highest BCUT2D eigenvalue weighted by atomic mass is 35.5. The van der Waals surface area contributed by atoms with Gasteiger partial charge >= 0.3 is 0 Å². The van der Waals surface area contributed by atoms with Gasteiger partial charge in [-0.2, -0.15) is 0 Å². The number of nitrogens with one attached hydrogen (secondary N) is 1. The topological polar surface area (TPSA) is 80.3 Å². The van der Waals surface area contributed by atoms with Crippen LogP contribution in [0.15, 0.2) is 29.2 Å². The number of hydrogen-bond acceptors (Lipinski definition) is 4. The minimum absolute atomic E-state index is 0.137. The molecule has 1 heterocycles. The molecule has 1 unspecified atom stereocenters. The first kappa shape index (κ1) is 16.7. The summed E-state index contributed by atoms with van der Waals surface area (Å²) in [4.78, 5) is 0.137. The van der Waals surface area contributed by atoms with E-state index < -0.39 is 19.9 Å². The van der Waals surface area contributed by atoms with Crippen molar-refractivity contribution in [3.8, 4) is 0 Å². The maximum absolute atomic E-state index is 12.0. The average Bonchev–Trinajstić information content (AvgIpc) is 2.74. The Kier molecular flexibility index (Phi) is 5.29. The fraction of sp³-hybridized carbons (Fsp3) is 0.538. The standard InChI is InChI=1S/C13H18ClNO4S2/c14-12-4-1-5-13(9-12)21(18,19)15-7-2-3-11-6-8-20(16,17)10-11/h1,4-5,9,11,15H,2-3,6-8,10H2. The molecule has 2 rings (SSSR count). The third-order valence-corrected chi connectivity index (χ3v) is 7.05.